The molecule has 156 valence electrons. The van der Waals surface area contributed by atoms with Gasteiger partial charge in [0.05, 0.1) is 19.1 Å². The summed E-state index contributed by atoms with van der Waals surface area (Å²) < 4.78 is 5.08. The van der Waals surface area contributed by atoms with E-state index in [1.165, 1.54) is 89.9 Å². The number of aliphatic hydroxyl groups is 1. The van der Waals surface area contributed by atoms with Crippen LogP contribution in [-0.2, 0) is 9.53 Å². The van der Waals surface area contributed by atoms with Crippen molar-refractivity contribution < 1.29 is 14.6 Å². The van der Waals surface area contributed by atoms with Crippen molar-refractivity contribution in [1.29, 1.82) is 0 Å². The Labute approximate surface area is 162 Å². The van der Waals surface area contributed by atoms with E-state index in [4.69, 9.17) is 10.5 Å². The molecule has 0 rings (SSSR count). The predicted octanol–water partition coefficient (Wildman–Crippen LogP) is 5.50. The predicted molar refractivity (Wildman–Crippen MR) is 110 cm³/mol. The van der Waals surface area contributed by atoms with Gasteiger partial charge in [0.25, 0.3) is 0 Å². The van der Waals surface area contributed by atoms with Gasteiger partial charge in [-0.2, -0.15) is 0 Å². The van der Waals surface area contributed by atoms with E-state index in [2.05, 4.69) is 6.92 Å². The van der Waals surface area contributed by atoms with Crippen LogP contribution in [0, 0.1) is 0 Å². The molecule has 1 atom stereocenters. The molecular formula is C22H45NO3. The number of esters is 1. The first kappa shape index (κ1) is 25.4. The topological polar surface area (TPSA) is 72.5 Å². The summed E-state index contributed by atoms with van der Waals surface area (Å²) in [5.74, 6) is -0.344. The van der Waals surface area contributed by atoms with Crippen molar-refractivity contribution >= 4 is 5.97 Å². The van der Waals surface area contributed by atoms with Gasteiger partial charge in [-0.05, 0) is 6.42 Å². The van der Waals surface area contributed by atoms with Crippen molar-refractivity contribution in [3.8, 4) is 0 Å². The van der Waals surface area contributed by atoms with E-state index in [0.29, 0.717) is 6.61 Å². The van der Waals surface area contributed by atoms with E-state index in [1.54, 1.807) is 0 Å². The lowest BCUT2D eigenvalue weighted by Gasteiger charge is -2.08. The Kier molecular flexibility index (Phi) is 20.2. The molecule has 4 nitrogen and oxygen atoms in total. The van der Waals surface area contributed by atoms with Crippen LogP contribution in [0.3, 0.4) is 0 Å². The summed E-state index contributed by atoms with van der Waals surface area (Å²) in [6.45, 7) is 2.85. The summed E-state index contributed by atoms with van der Waals surface area (Å²) in [5.41, 5.74) is 5.26. The van der Waals surface area contributed by atoms with Crippen molar-refractivity contribution in [1.82, 2.24) is 0 Å². The maximum Gasteiger partial charge on any atom is 0.308 e. The van der Waals surface area contributed by atoms with Crippen LogP contribution in [0.25, 0.3) is 0 Å². The van der Waals surface area contributed by atoms with Crippen LogP contribution in [0.1, 0.15) is 116 Å². The zero-order valence-corrected chi connectivity index (χ0v) is 17.4. The fraction of sp³-hybridized carbons (Fsp3) is 0.955. The number of nitrogens with two attached hydrogens (primary N) is 1. The van der Waals surface area contributed by atoms with E-state index in [0.717, 1.165) is 12.8 Å². The Hall–Kier alpha value is -0.610. The minimum atomic E-state index is -0.770. The van der Waals surface area contributed by atoms with Crippen LogP contribution in [0.5, 0.6) is 0 Å². The highest BCUT2D eigenvalue weighted by molar-refractivity contribution is 5.69. The highest BCUT2D eigenvalue weighted by atomic mass is 16.5. The number of rotatable bonds is 20. The smallest absolute Gasteiger partial charge is 0.308 e. The molecule has 0 fully saturated rings. The van der Waals surface area contributed by atoms with E-state index in [1.807, 2.05) is 0 Å². The molecule has 0 aliphatic rings. The van der Waals surface area contributed by atoms with Crippen molar-refractivity contribution in [2.24, 2.45) is 5.73 Å². The molecule has 3 N–H and O–H groups in total. The van der Waals surface area contributed by atoms with Gasteiger partial charge in [0.1, 0.15) is 0 Å². The van der Waals surface area contributed by atoms with Gasteiger partial charge in [0.2, 0.25) is 0 Å². The van der Waals surface area contributed by atoms with Crippen LogP contribution in [0.15, 0.2) is 0 Å². The number of carbonyl (C=O) groups excluding carboxylic acids is 1. The van der Waals surface area contributed by atoms with Gasteiger partial charge >= 0.3 is 5.97 Å². The maximum absolute atomic E-state index is 11.3. The number of ether oxygens (including phenoxy) is 1. The minimum absolute atomic E-state index is 0.00928. The molecule has 0 aliphatic carbocycles. The number of unbranched alkanes of at least 4 members (excludes halogenated alkanes) is 15. The zero-order valence-electron chi connectivity index (χ0n) is 17.4. The standard InChI is InChI=1S/C22H45NO3/c1-2-3-4-5-6-7-8-9-10-11-12-13-14-15-16-17-18-26-22(25)19-21(24)20-23/h21,24H,2-20,23H2,1H3. The quantitative estimate of drug-likeness (QED) is 0.219. The lowest BCUT2D eigenvalue weighted by Crippen LogP contribution is -2.24. The summed E-state index contributed by atoms with van der Waals surface area (Å²) in [6.07, 6.45) is 20.6. The van der Waals surface area contributed by atoms with Gasteiger partial charge < -0.3 is 15.6 Å². The molecule has 0 amide bonds. The largest absolute Gasteiger partial charge is 0.466 e. The Bertz CT molecular complexity index is 297. The molecule has 0 aromatic rings. The second-order valence-corrected chi connectivity index (χ2v) is 7.62. The second-order valence-electron chi connectivity index (χ2n) is 7.62. The molecule has 0 aromatic heterocycles. The average Bonchev–Trinajstić information content (AvgIpc) is 2.64. The number of hydrogen-bond acceptors (Lipinski definition) is 4. The molecule has 4 heteroatoms. The van der Waals surface area contributed by atoms with Crippen molar-refractivity contribution in [3.63, 3.8) is 0 Å². The normalized spacial score (nSPS) is 12.3. The molecule has 0 saturated carbocycles. The van der Waals surface area contributed by atoms with Gasteiger partial charge in [-0.1, -0.05) is 103 Å². The van der Waals surface area contributed by atoms with Gasteiger partial charge in [-0.25, -0.2) is 0 Å². The summed E-state index contributed by atoms with van der Waals surface area (Å²) in [6, 6.07) is 0. The highest BCUT2D eigenvalue weighted by Gasteiger charge is 2.09. The van der Waals surface area contributed by atoms with Crippen molar-refractivity contribution in [2.75, 3.05) is 13.2 Å². The molecule has 26 heavy (non-hydrogen) atoms. The average molecular weight is 372 g/mol. The van der Waals surface area contributed by atoms with Crippen LogP contribution in [0.4, 0.5) is 0 Å². The fourth-order valence-electron chi connectivity index (χ4n) is 3.17. The zero-order chi connectivity index (χ0) is 19.3. The molecule has 0 saturated heterocycles. The number of hydrogen-bond donors (Lipinski definition) is 2. The lowest BCUT2D eigenvalue weighted by molar-refractivity contribution is -0.145. The molecule has 1 unspecified atom stereocenters. The van der Waals surface area contributed by atoms with E-state index >= 15 is 0 Å². The van der Waals surface area contributed by atoms with E-state index in [9.17, 15) is 9.90 Å². The third-order valence-electron chi connectivity index (χ3n) is 4.94. The Morgan fingerprint density at radius 1 is 0.769 bits per heavy atom. The molecule has 0 aromatic carbocycles. The Morgan fingerprint density at radius 2 is 1.15 bits per heavy atom. The first-order chi connectivity index (χ1) is 12.7. The monoisotopic (exact) mass is 371 g/mol. The van der Waals surface area contributed by atoms with E-state index in [-0.39, 0.29) is 18.9 Å². The minimum Gasteiger partial charge on any atom is -0.466 e. The third-order valence-corrected chi connectivity index (χ3v) is 4.94. The SMILES string of the molecule is CCCCCCCCCCCCCCCCCCOC(=O)CC(O)CN. The molecule has 0 bridgehead atoms. The van der Waals surface area contributed by atoms with E-state index < -0.39 is 6.10 Å². The Morgan fingerprint density at radius 3 is 1.54 bits per heavy atom. The van der Waals surface area contributed by atoms with Crippen LogP contribution in [0.2, 0.25) is 0 Å². The summed E-state index contributed by atoms with van der Waals surface area (Å²) >= 11 is 0. The number of aliphatic hydroxyl groups excluding tert-OH is 1. The lowest BCUT2D eigenvalue weighted by atomic mass is 10.0. The number of carbonyl (C=O) groups is 1. The highest BCUT2D eigenvalue weighted by Crippen LogP contribution is 2.13. The first-order valence-electron chi connectivity index (χ1n) is 11.2. The van der Waals surface area contributed by atoms with Crippen LogP contribution >= 0.6 is 0 Å². The summed E-state index contributed by atoms with van der Waals surface area (Å²) in [7, 11) is 0. The molecule has 0 radical (unpaired) electrons. The fourth-order valence-corrected chi connectivity index (χ4v) is 3.17. The van der Waals surface area contributed by atoms with Gasteiger partial charge in [-0.3, -0.25) is 4.79 Å². The van der Waals surface area contributed by atoms with Gasteiger partial charge in [0.15, 0.2) is 0 Å². The summed E-state index contributed by atoms with van der Waals surface area (Å²) in [5, 5.41) is 9.25. The molecular weight excluding hydrogens is 326 g/mol. The van der Waals surface area contributed by atoms with Crippen molar-refractivity contribution in [3.05, 3.63) is 0 Å². The molecule has 0 spiro atoms. The van der Waals surface area contributed by atoms with Crippen LogP contribution < -0.4 is 5.73 Å². The van der Waals surface area contributed by atoms with Crippen molar-refractivity contribution in [2.45, 2.75) is 122 Å². The summed E-state index contributed by atoms with van der Waals surface area (Å²) in [4.78, 5) is 11.3. The molecule has 0 heterocycles. The molecule has 0 aliphatic heterocycles. The third kappa shape index (κ3) is 19.7. The van der Waals surface area contributed by atoms with Gasteiger partial charge in [0, 0.05) is 6.54 Å². The van der Waals surface area contributed by atoms with Crippen LogP contribution in [-0.4, -0.2) is 30.3 Å². The maximum atomic E-state index is 11.3. The Balaban J connectivity index is 3.10. The van der Waals surface area contributed by atoms with Gasteiger partial charge in [-0.15, -0.1) is 0 Å². The first-order valence-corrected chi connectivity index (χ1v) is 11.2. The second kappa shape index (κ2) is 20.7.